The SMILES string of the molecule is C[C@@]12CC[C@@H](c3ccc(C#N)cc3CI)[C@H](c3ccc(Cl)cc3)[C@@H]1CNC2=O. The molecular formula is C23H22ClIN2O. The molecule has 1 aliphatic carbocycles. The molecule has 0 unspecified atom stereocenters. The van der Waals surface area contributed by atoms with Gasteiger partial charge >= 0.3 is 0 Å². The van der Waals surface area contributed by atoms with Crippen LogP contribution in [0.15, 0.2) is 42.5 Å². The van der Waals surface area contributed by atoms with Crippen molar-refractivity contribution in [2.24, 2.45) is 11.3 Å². The van der Waals surface area contributed by atoms with E-state index < -0.39 is 0 Å². The summed E-state index contributed by atoms with van der Waals surface area (Å²) in [5.41, 5.74) is 4.17. The van der Waals surface area contributed by atoms with E-state index in [-0.39, 0.29) is 23.2 Å². The maximum absolute atomic E-state index is 12.6. The Labute approximate surface area is 184 Å². The van der Waals surface area contributed by atoms with Gasteiger partial charge in [-0.1, -0.05) is 59.3 Å². The number of fused-ring (bicyclic) bond motifs is 1. The maximum Gasteiger partial charge on any atom is 0.226 e. The number of carbonyl (C=O) groups excluding carboxylic acids is 1. The second-order valence-electron chi connectivity index (χ2n) is 8.12. The molecule has 2 aliphatic rings. The quantitative estimate of drug-likeness (QED) is 0.439. The molecule has 28 heavy (non-hydrogen) atoms. The normalized spacial score (nSPS) is 29.1. The molecule has 0 aromatic heterocycles. The average molecular weight is 505 g/mol. The van der Waals surface area contributed by atoms with Gasteiger partial charge in [-0.3, -0.25) is 4.79 Å². The van der Waals surface area contributed by atoms with E-state index in [0.717, 1.165) is 28.8 Å². The highest BCUT2D eigenvalue weighted by Gasteiger charge is 2.54. The molecule has 4 rings (SSSR count). The van der Waals surface area contributed by atoms with Crippen LogP contribution in [0.4, 0.5) is 0 Å². The number of amides is 1. The van der Waals surface area contributed by atoms with Crippen LogP contribution in [-0.2, 0) is 9.22 Å². The van der Waals surface area contributed by atoms with Gasteiger partial charge in [-0.25, -0.2) is 0 Å². The summed E-state index contributed by atoms with van der Waals surface area (Å²) < 4.78 is 0.867. The third kappa shape index (κ3) is 3.23. The van der Waals surface area contributed by atoms with Crippen molar-refractivity contribution in [1.29, 1.82) is 5.26 Å². The maximum atomic E-state index is 12.6. The van der Waals surface area contributed by atoms with Gasteiger partial charge in [0.05, 0.1) is 17.0 Å². The summed E-state index contributed by atoms with van der Waals surface area (Å²) in [4.78, 5) is 12.6. The van der Waals surface area contributed by atoms with E-state index in [1.165, 1.54) is 16.7 Å². The third-order valence-corrected chi connectivity index (χ3v) is 7.81. The first-order valence-electron chi connectivity index (χ1n) is 9.60. The summed E-state index contributed by atoms with van der Waals surface area (Å²) in [6, 6.07) is 16.5. The largest absolute Gasteiger partial charge is 0.355 e. The van der Waals surface area contributed by atoms with E-state index in [1.807, 2.05) is 24.3 Å². The number of hydrogen-bond acceptors (Lipinski definition) is 2. The van der Waals surface area contributed by atoms with Crippen molar-refractivity contribution < 1.29 is 4.79 Å². The summed E-state index contributed by atoms with van der Waals surface area (Å²) in [5.74, 6) is 0.996. The molecule has 5 heteroatoms. The topological polar surface area (TPSA) is 52.9 Å². The Morgan fingerprint density at radius 1 is 1.29 bits per heavy atom. The van der Waals surface area contributed by atoms with Crippen LogP contribution in [0, 0.1) is 22.7 Å². The van der Waals surface area contributed by atoms with Crippen molar-refractivity contribution >= 4 is 40.1 Å². The van der Waals surface area contributed by atoms with Gasteiger partial charge in [0.2, 0.25) is 5.91 Å². The van der Waals surface area contributed by atoms with Gasteiger partial charge in [-0.15, -0.1) is 0 Å². The summed E-state index contributed by atoms with van der Waals surface area (Å²) >= 11 is 8.53. The molecule has 1 saturated carbocycles. The van der Waals surface area contributed by atoms with Gasteiger partial charge in [-0.05, 0) is 71.6 Å². The van der Waals surface area contributed by atoms with Crippen LogP contribution in [0.5, 0.6) is 0 Å². The lowest BCUT2D eigenvalue weighted by atomic mass is 9.57. The van der Waals surface area contributed by atoms with Gasteiger partial charge in [0, 0.05) is 16.0 Å². The predicted octanol–water partition coefficient (Wildman–Crippen LogP) is 5.56. The Kier molecular flexibility index (Phi) is 5.41. The molecule has 1 heterocycles. The van der Waals surface area contributed by atoms with Crippen LogP contribution in [-0.4, -0.2) is 12.5 Å². The monoisotopic (exact) mass is 504 g/mol. The average Bonchev–Trinajstić information content (AvgIpc) is 3.02. The molecule has 144 valence electrons. The molecule has 2 fully saturated rings. The molecule has 1 saturated heterocycles. The fourth-order valence-corrected chi connectivity index (χ4v) is 5.97. The number of carbonyl (C=O) groups is 1. The van der Waals surface area contributed by atoms with E-state index >= 15 is 0 Å². The van der Waals surface area contributed by atoms with Crippen molar-refractivity contribution in [3.63, 3.8) is 0 Å². The van der Waals surface area contributed by atoms with Crippen molar-refractivity contribution in [2.45, 2.75) is 36.0 Å². The highest BCUT2D eigenvalue weighted by molar-refractivity contribution is 14.1. The number of nitrogens with one attached hydrogen (secondary N) is 1. The summed E-state index contributed by atoms with van der Waals surface area (Å²) in [5, 5.41) is 13.1. The standard InChI is InChI=1S/C23H22ClIN2O/c1-23-9-8-19(18-7-2-14(12-26)10-16(18)11-25)21(20(23)13-27-22(23)28)15-3-5-17(24)6-4-15/h2-7,10,19-21H,8-9,11,13H2,1H3,(H,27,28)/t19-,20-,21-,23+/m0/s1. The van der Waals surface area contributed by atoms with E-state index in [9.17, 15) is 10.1 Å². The lowest BCUT2D eigenvalue weighted by Gasteiger charge is -2.45. The number of rotatable bonds is 3. The Morgan fingerprint density at radius 2 is 2.04 bits per heavy atom. The van der Waals surface area contributed by atoms with Crippen LogP contribution in [0.3, 0.4) is 0 Å². The molecule has 1 amide bonds. The Balaban J connectivity index is 1.83. The van der Waals surface area contributed by atoms with E-state index in [0.29, 0.717) is 11.5 Å². The Hall–Kier alpha value is -1.58. The first-order valence-corrected chi connectivity index (χ1v) is 11.5. The summed E-state index contributed by atoms with van der Waals surface area (Å²) in [6.45, 7) is 2.84. The molecule has 1 N–H and O–H groups in total. The second-order valence-corrected chi connectivity index (χ2v) is 9.31. The fraction of sp³-hybridized carbons (Fsp3) is 0.391. The molecule has 1 aliphatic heterocycles. The zero-order valence-corrected chi connectivity index (χ0v) is 18.6. The van der Waals surface area contributed by atoms with Gasteiger partial charge in [0.15, 0.2) is 0 Å². The lowest BCUT2D eigenvalue weighted by Crippen LogP contribution is -2.41. The molecule has 0 spiro atoms. The molecule has 4 atom stereocenters. The van der Waals surface area contributed by atoms with Crippen LogP contribution in [0.25, 0.3) is 0 Å². The predicted molar refractivity (Wildman–Crippen MR) is 120 cm³/mol. The Bertz CT molecular complexity index is 952. The molecular weight excluding hydrogens is 483 g/mol. The zero-order chi connectivity index (χ0) is 19.9. The van der Waals surface area contributed by atoms with Crippen molar-refractivity contribution in [3.8, 4) is 6.07 Å². The van der Waals surface area contributed by atoms with Crippen molar-refractivity contribution in [2.75, 3.05) is 6.54 Å². The molecule has 2 aromatic rings. The van der Waals surface area contributed by atoms with E-state index in [2.05, 4.69) is 59.1 Å². The number of nitrogens with zero attached hydrogens (tertiary/aromatic N) is 1. The highest BCUT2D eigenvalue weighted by atomic mass is 127. The van der Waals surface area contributed by atoms with Crippen molar-refractivity contribution in [3.05, 3.63) is 69.7 Å². The minimum atomic E-state index is -0.322. The minimum absolute atomic E-state index is 0.184. The minimum Gasteiger partial charge on any atom is -0.355 e. The number of alkyl halides is 1. The number of halogens is 2. The van der Waals surface area contributed by atoms with Crippen molar-refractivity contribution in [1.82, 2.24) is 5.32 Å². The number of benzene rings is 2. The summed E-state index contributed by atoms with van der Waals surface area (Å²) in [7, 11) is 0. The molecule has 0 radical (unpaired) electrons. The second kappa shape index (κ2) is 7.68. The molecule has 2 aromatic carbocycles. The van der Waals surface area contributed by atoms with Gasteiger partial charge in [0.25, 0.3) is 0 Å². The number of hydrogen-bond donors (Lipinski definition) is 1. The van der Waals surface area contributed by atoms with Crippen LogP contribution >= 0.6 is 34.2 Å². The highest BCUT2D eigenvalue weighted by Crippen LogP contribution is 2.57. The first-order chi connectivity index (χ1) is 13.5. The van der Waals surface area contributed by atoms with Gasteiger partial charge in [-0.2, -0.15) is 5.26 Å². The Morgan fingerprint density at radius 3 is 2.71 bits per heavy atom. The van der Waals surface area contributed by atoms with Crippen LogP contribution in [0.1, 0.15) is 53.9 Å². The first kappa shape index (κ1) is 19.7. The zero-order valence-electron chi connectivity index (χ0n) is 15.7. The number of nitriles is 1. The molecule has 3 nitrogen and oxygen atoms in total. The molecule has 0 bridgehead atoms. The van der Waals surface area contributed by atoms with E-state index in [4.69, 9.17) is 11.6 Å². The van der Waals surface area contributed by atoms with E-state index in [1.54, 1.807) is 0 Å². The van der Waals surface area contributed by atoms with Crippen LogP contribution in [0.2, 0.25) is 5.02 Å². The van der Waals surface area contributed by atoms with Gasteiger partial charge in [0.1, 0.15) is 0 Å². The third-order valence-electron chi connectivity index (χ3n) is 6.73. The lowest BCUT2D eigenvalue weighted by molar-refractivity contribution is -0.129. The smallest absolute Gasteiger partial charge is 0.226 e. The fourth-order valence-electron chi connectivity index (χ4n) is 5.19. The van der Waals surface area contributed by atoms with Crippen LogP contribution < -0.4 is 5.32 Å². The summed E-state index contributed by atoms with van der Waals surface area (Å²) in [6.07, 6.45) is 1.85. The van der Waals surface area contributed by atoms with Gasteiger partial charge < -0.3 is 5.32 Å².